The molecule has 3 atom stereocenters. The number of rotatable bonds is 6. The summed E-state index contributed by atoms with van der Waals surface area (Å²) in [4.78, 5) is 0. The molecular weight excluding hydrogens is 403 g/mol. The highest BCUT2D eigenvalue weighted by Crippen LogP contribution is 2.58. The molecule has 3 unspecified atom stereocenters. The van der Waals surface area contributed by atoms with E-state index in [1.165, 1.54) is 12.1 Å². The van der Waals surface area contributed by atoms with E-state index < -0.39 is 34.7 Å². The Balaban J connectivity index is 1.53. The molecule has 0 aliphatic heterocycles. The van der Waals surface area contributed by atoms with Gasteiger partial charge in [-0.3, -0.25) is 5.32 Å². The van der Waals surface area contributed by atoms with Gasteiger partial charge in [-0.1, -0.05) is 19.1 Å². The number of ether oxygens (including phenoxy) is 1. The van der Waals surface area contributed by atoms with Gasteiger partial charge in [-0.15, -0.1) is 0 Å². The normalized spacial score (nSPS) is 25.8. The largest absolute Gasteiger partial charge is 0.419 e. The summed E-state index contributed by atoms with van der Waals surface area (Å²) >= 11 is 0. The molecule has 2 aromatic carbocycles. The Morgan fingerprint density at radius 3 is 2.23 bits per heavy atom. The predicted molar refractivity (Wildman–Crippen MR) is 101 cm³/mol. The molecule has 3 nitrogen and oxygen atoms in total. The third-order valence-corrected chi connectivity index (χ3v) is 6.63. The van der Waals surface area contributed by atoms with Crippen LogP contribution in [0, 0.1) is 17.6 Å². The van der Waals surface area contributed by atoms with Crippen molar-refractivity contribution in [1.29, 1.82) is 0 Å². The Hall–Kier alpha value is -2.03. The molecule has 8 heteroatoms. The maximum Gasteiger partial charge on any atom is 0.419 e. The fourth-order valence-electron chi connectivity index (χ4n) is 4.35. The standard InChI is InChI=1S/C22H23F5N2O/c1-20(12-3-5-14(16(23)9-12)22(25,26)27)11-15(20)19(30-2)29-21(7-8-21)13-4-6-18(28)17(24)10-13/h3-6,9-10,15,19,29H,7-8,11,28H2,1-2H3/p+1. The van der Waals surface area contributed by atoms with E-state index in [1.807, 2.05) is 13.0 Å². The molecule has 162 valence electrons. The van der Waals surface area contributed by atoms with Crippen LogP contribution in [0.25, 0.3) is 0 Å². The highest BCUT2D eigenvalue weighted by atomic mass is 19.4. The van der Waals surface area contributed by atoms with Gasteiger partial charge in [0.15, 0.2) is 11.5 Å². The second kappa shape index (κ2) is 7.00. The van der Waals surface area contributed by atoms with Crippen molar-refractivity contribution in [2.75, 3.05) is 7.11 Å². The van der Waals surface area contributed by atoms with Crippen molar-refractivity contribution in [1.82, 2.24) is 5.32 Å². The Labute approximate surface area is 171 Å². The molecule has 0 spiro atoms. The number of hydrogen-bond donors (Lipinski definition) is 2. The summed E-state index contributed by atoms with van der Waals surface area (Å²) in [5.41, 5.74) is 3.14. The molecule has 4 rings (SSSR count). The van der Waals surface area contributed by atoms with Crippen molar-refractivity contribution in [3.05, 3.63) is 64.7 Å². The van der Waals surface area contributed by atoms with Gasteiger partial charge in [0.05, 0.1) is 5.56 Å². The maximum absolute atomic E-state index is 14.1. The molecule has 2 aliphatic carbocycles. The first-order valence-electron chi connectivity index (χ1n) is 9.80. The van der Waals surface area contributed by atoms with Gasteiger partial charge in [0.2, 0.25) is 0 Å². The average Bonchev–Trinajstić information content (AvgIpc) is 3.58. The fraction of sp³-hybridized carbons (Fsp3) is 0.455. The zero-order valence-corrected chi connectivity index (χ0v) is 16.7. The van der Waals surface area contributed by atoms with Crippen molar-refractivity contribution >= 4 is 5.69 Å². The maximum atomic E-state index is 14.1. The van der Waals surface area contributed by atoms with Gasteiger partial charge >= 0.3 is 6.18 Å². The van der Waals surface area contributed by atoms with Crippen molar-refractivity contribution < 1.29 is 32.4 Å². The van der Waals surface area contributed by atoms with Gasteiger partial charge in [-0.05, 0) is 54.0 Å². The zero-order valence-electron chi connectivity index (χ0n) is 16.7. The third kappa shape index (κ3) is 3.61. The lowest BCUT2D eigenvalue weighted by Gasteiger charge is -2.27. The summed E-state index contributed by atoms with van der Waals surface area (Å²) in [6.45, 7) is 1.89. The summed E-state index contributed by atoms with van der Waals surface area (Å²) in [5.74, 6) is -1.68. The lowest BCUT2D eigenvalue weighted by Crippen LogP contribution is -2.43. The van der Waals surface area contributed by atoms with E-state index in [9.17, 15) is 22.0 Å². The Morgan fingerprint density at radius 2 is 1.70 bits per heavy atom. The molecule has 0 aromatic heterocycles. The second-order valence-corrected chi connectivity index (χ2v) is 8.61. The topological polar surface area (TPSA) is 48.9 Å². The van der Waals surface area contributed by atoms with Gasteiger partial charge in [-0.25, -0.2) is 8.78 Å². The van der Waals surface area contributed by atoms with Gasteiger partial charge in [-0.2, -0.15) is 13.2 Å². The highest BCUT2D eigenvalue weighted by molar-refractivity contribution is 5.40. The van der Waals surface area contributed by atoms with Crippen LogP contribution >= 0.6 is 0 Å². The predicted octanol–water partition coefficient (Wildman–Crippen LogP) is 4.39. The van der Waals surface area contributed by atoms with E-state index >= 15 is 0 Å². The van der Waals surface area contributed by atoms with E-state index in [0.29, 0.717) is 17.7 Å². The van der Waals surface area contributed by atoms with Crippen molar-refractivity contribution in [2.24, 2.45) is 5.92 Å². The van der Waals surface area contributed by atoms with E-state index in [1.54, 1.807) is 13.2 Å². The molecule has 2 fully saturated rings. The number of halogens is 5. The van der Waals surface area contributed by atoms with Gasteiger partial charge < -0.3 is 10.5 Å². The number of hydrogen-bond acceptors (Lipinski definition) is 2. The first kappa shape index (κ1) is 21.2. The molecule has 0 radical (unpaired) electrons. The van der Waals surface area contributed by atoms with Crippen LogP contribution in [-0.4, -0.2) is 13.3 Å². The zero-order chi connectivity index (χ0) is 21.9. The molecule has 2 saturated carbocycles. The Bertz CT molecular complexity index is 972. The first-order chi connectivity index (χ1) is 14.0. The Kier molecular flexibility index (Phi) is 4.95. The molecular formula is C22H24F5N2O+. The number of quaternary nitrogens is 1. The first-order valence-corrected chi connectivity index (χ1v) is 9.80. The van der Waals surface area contributed by atoms with Crippen LogP contribution in [0.15, 0.2) is 36.4 Å². The summed E-state index contributed by atoms with van der Waals surface area (Å²) in [5, 5.41) is 3.47. The highest BCUT2D eigenvalue weighted by Gasteiger charge is 2.58. The molecule has 2 aromatic rings. The smallest absolute Gasteiger partial charge is 0.366 e. The van der Waals surface area contributed by atoms with E-state index in [0.717, 1.165) is 30.5 Å². The second-order valence-electron chi connectivity index (χ2n) is 8.61. The third-order valence-electron chi connectivity index (χ3n) is 6.63. The van der Waals surface area contributed by atoms with E-state index in [-0.39, 0.29) is 11.7 Å². The van der Waals surface area contributed by atoms with Crippen LogP contribution in [0.5, 0.6) is 0 Å². The molecule has 0 heterocycles. The lowest BCUT2D eigenvalue weighted by atomic mass is 9.93. The van der Waals surface area contributed by atoms with Crippen LogP contribution in [-0.2, 0) is 21.9 Å². The monoisotopic (exact) mass is 427 g/mol. The fourth-order valence-corrected chi connectivity index (χ4v) is 4.35. The minimum Gasteiger partial charge on any atom is -0.366 e. The molecule has 0 saturated heterocycles. The number of alkyl halides is 3. The van der Waals surface area contributed by atoms with Crippen molar-refractivity contribution in [3.63, 3.8) is 0 Å². The van der Waals surface area contributed by atoms with Gasteiger partial charge in [0, 0.05) is 24.6 Å². The SMILES string of the molecule is COC(NC1(c2ccc([NH3+])c(F)c2)CC1)C1CC1(C)c1ccc(C(F)(F)F)c(F)c1. The van der Waals surface area contributed by atoms with Crippen molar-refractivity contribution in [2.45, 2.75) is 49.5 Å². The number of benzene rings is 2. The van der Waals surface area contributed by atoms with Gasteiger partial charge in [0.25, 0.3) is 0 Å². The van der Waals surface area contributed by atoms with Crippen LogP contribution in [0.1, 0.15) is 42.9 Å². The summed E-state index contributed by atoms with van der Waals surface area (Å²) < 4.78 is 72.3. The van der Waals surface area contributed by atoms with Crippen LogP contribution < -0.4 is 11.1 Å². The summed E-state index contributed by atoms with van der Waals surface area (Å²) in [6, 6.07) is 8.08. The molecule has 4 N–H and O–H groups in total. The molecule has 30 heavy (non-hydrogen) atoms. The van der Waals surface area contributed by atoms with Crippen LogP contribution in [0.2, 0.25) is 0 Å². The van der Waals surface area contributed by atoms with Crippen molar-refractivity contribution in [3.8, 4) is 0 Å². The van der Waals surface area contributed by atoms with Crippen LogP contribution in [0.4, 0.5) is 27.6 Å². The van der Waals surface area contributed by atoms with Gasteiger partial charge in [0.1, 0.15) is 12.0 Å². The number of nitrogens with one attached hydrogen (secondary N) is 1. The van der Waals surface area contributed by atoms with Crippen LogP contribution in [0.3, 0.4) is 0 Å². The molecule has 0 bridgehead atoms. The summed E-state index contributed by atoms with van der Waals surface area (Å²) in [6.07, 6.45) is -2.83. The average molecular weight is 427 g/mol. The minimum absolute atomic E-state index is 0.0481. The van der Waals surface area contributed by atoms with E-state index in [4.69, 9.17) is 4.74 Å². The Morgan fingerprint density at radius 1 is 1.07 bits per heavy atom. The summed E-state index contributed by atoms with van der Waals surface area (Å²) in [7, 11) is 1.56. The quantitative estimate of drug-likeness (QED) is 0.531. The minimum atomic E-state index is -4.72. The number of methoxy groups -OCH3 is 1. The lowest BCUT2D eigenvalue weighted by molar-refractivity contribution is -0.258. The molecule has 0 amide bonds. The van der Waals surface area contributed by atoms with E-state index in [2.05, 4.69) is 11.1 Å². The molecule has 2 aliphatic rings.